The molecule has 0 amide bonds. The molecule has 0 atom stereocenters. The average Bonchev–Trinajstić information content (AvgIpc) is 2.15. The van der Waals surface area contributed by atoms with Crippen molar-refractivity contribution in [3.8, 4) is 0 Å². The largest absolute Gasteiger partial charge is 0.328 e. The van der Waals surface area contributed by atoms with Crippen molar-refractivity contribution in [1.29, 1.82) is 0 Å². The monoisotopic (exact) mass is 177 g/mol. The van der Waals surface area contributed by atoms with Crippen molar-refractivity contribution in [3.63, 3.8) is 0 Å². The molecule has 0 aromatic carbocycles. The van der Waals surface area contributed by atoms with Crippen LogP contribution >= 0.6 is 0 Å². The van der Waals surface area contributed by atoms with Crippen molar-refractivity contribution in [2.24, 2.45) is 7.05 Å². The van der Waals surface area contributed by atoms with E-state index in [2.05, 4.69) is 9.97 Å². The fraction of sp³-hybridized carbons (Fsp3) is 0.125. The molecular weight excluding hydrogens is 170 g/mol. The molecule has 0 saturated carbocycles. The minimum absolute atomic E-state index is 0.282. The summed E-state index contributed by atoms with van der Waals surface area (Å²) in [5, 5.41) is 0. The third kappa shape index (κ3) is 1.05. The van der Waals surface area contributed by atoms with Gasteiger partial charge in [-0.05, 0) is 12.1 Å². The lowest BCUT2D eigenvalue weighted by Crippen LogP contribution is -2.32. The number of pyridine rings is 1. The number of H-pyrrole nitrogens is 1. The van der Waals surface area contributed by atoms with E-state index in [4.69, 9.17) is 0 Å². The summed E-state index contributed by atoms with van der Waals surface area (Å²) in [5.41, 5.74) is -0.0509. The molecule has 0 unspecified atom stereocenters. The van der Waals surface area contributed by atoms with Gasteiger partial charge in [-0.1, -0.05) is 0 Å². The SMILES string of the molecule is Cn1c(=O)[nH]c2cccnc2c1=O. The zero-order valence-corrected chi connectivity index (χ0v) is 6.94. The van der Waals surface area contributed by atoms with Gasteiger partial charge in [-0.15, -0.1) is 0 Å². The van der Waals surface area contributed by atoms with Gasteiger partial charge in [-0.25, -0.2) is 9.78 Å². The van der Waals surface area contributed by atoms with Crippen LogP contribution in [-0.4, -0.2) is 14.5 Å². The maximum atomic E-state index is 11.4. The summed E-state index contributed by atoms with van der Waals surface area (Å²) in [5.74, 6) is 0. The Balaban J connectivity index is 3.12. The van der Waals surface area contributed by atoms with Gasteiger partial charge >= 0.3 is 5.69 Å². The van der Waals surface area contributed by atoms with Crippen LogP contribution in [0.25, 0.3) is 11.0 Å². The molecule has 0 bridgehead atoms. The fourth-order valence-corrected chi connectivity index (χ4v) is 1.13. The lowest BCUT2D eigenvalue weighted by molar-refractivity contribution is 0.790. The molecule has 5 nitrogen and oxygen atoms in total. The molecule has 1 N–H and O–H groups in total. The standard InChI is InChI=1S/C8H7N3O2/c1-11-7(12)6-5(10-8(11)13)3-2-4-9-6/h2-4H,1H3,(H,10,13). The van der Waals surface area contributed by atoms with Crippen LogP contribution in [0.2, 0.25) is 0 Å². The summed E-state index contributed by atoms with van der Waals surface area (Å²) in [6.45, 7) is 0. The van der Waals surface area contributed by atoms with Crippen molar-refractivity contribution >= 4 is 11.0 Å². The van der Waals surface area contributed by atoms with E-state index in [1.165, 1.54) is 13.2 Å². The highest BCUT2D eigenvalue weighted by Gasteiger charge is 2.03. The maximum Gasteiger partial charge on any atom is 0.328 e. The molecule has 0 spiro atoms. The number of nitrogens with one attached hydrogen (secondary N) is 1. The van der Waals surface area contributed by atoms with E-state index < -0.39 is 5.69 Å². The number of hydrogen-bond donors (Lipinski definition) is 1. The van der Waals surface area contributed by atoms with Crippen LogP contribution < -0.4 is 11.2 Å². The highest BCUT2D eigenvalue weighted by atomic mass is 16.2. The van der Waals surface area contributed by atoms with Crippen LogP contribution in [0.4, 0.5) is 0 Å². The lowest BCUT2D eigenvalue weighted by Gasteiger charge is -1.97. The van der Waals surface area contributed by atoms with E-state index in [-0.39, 0.29) is 11.1 Å². The van der Waals surface area contributed by atoms with Crippen LogP contribution in [0.5, 0.6) is 0 Å². The quantitative estimate of drug-likeness (QED) is 0.596. The summed E-state index contributed by atoms with van der Waals surface area (Å²) >= 11 is 0. The molecular formula is C8H7N3O2. The average molecular weight is 177 g/mol. The fourth-order valence-electron chi connectivity index (χ4n) is 1.13. The second kappa shape index (κ2) is 2.55. The molecule has 13 heavy (non-hydrogen) atoms. The van der Waals surface area contributed by atoms with Crippen molar-refractivity contribution in [2.45, 2.75) is 0 Å². The second-order valence-corrected chi connectivity index (χ2v) is 2.69. The van der Waals surface area contributed by atoms with Crippen molar-refractivity contribution < 1.29 is 0 Å². The smallest absolute Gasteiger partial charge is 0.305 e. The maximum absolute atomic E-state index is 11.4. The Morgan fingerprint density at radius 2 is 2.23 bits per heavy atom. The highest BCUT2D eigenvalue weighted by molar-refractivity contribution is 5.71. The minimum atomic E-state index is -0.425. The Labute approximate surface area is 72.7 Å². The number of aromatic amines is 1. The Kier molecular flexibility index (Phi) is 1.51. The topological polar surface area (TPSA) is 67.8 Å². The predicted molar refractivity (Wildman–Crippen MR) is 47.6 cm³/mol. The summed E-state index contributed by atoms with van der Waals surface area (Å²) in [7, 11) is 1.41. The van der Waals surface area contributed by atoms with E-state index in [1.54, 1.807) is 12.1 Å². The Morgan fingerprint density at radius 1 is 1.46 bits per heavy atom. The van der Waals surface area contributed by atoms with E-state index in [0.717, 1.165) is 4.57 Å². The summed E-state index contributed by atoms with van der Waals surface area (Å²) in [6, 6.07) is 3.31. The first-order valence-electron chi connectivity index (χ1n) is 3.74. The first kappa shape index (κ1) is 7.72. The molecule has 2 rings (SSSR count). The zero-order valence-electron chi connectivity index (χ0n) is 6.94. The number of nitrogens with zero attached hydrogens (tertiary/aromatic N) is 2. The van der Waals surface area contributed by atoms with E-state index in [1.807, 2.05) is 0 Å². The molecule has 2 aromatic heterocycles. The first-order valence-corrected chi connectivity index (χ1v) is 3.74. The van der Waals surface area contributed by atoms with Crippen LogP contribution in [-0.2, 0) is 7.05 Å². The third-order valence-corrected chi connectivity index (χ3v) is 1.86. The van der Waals surface area contributed by atoms with E-state index in [9.17, 15) is 9.59 Å². The van der Waals surface area contributed by atoms with Gasteiger partial charge in [0.05, 0.1) is 5.52 Å². The van der Waals surface area contributed by atoms with Gasteiger partial charge in [0.15, 0.2) is 5.52 Å². The zero-order chi connectivity index (χ0) is 9.42. The molecule has 5 heteroatoms. The van der Waals surface area contributed by atoms with Crippen molar-refractivity contribution in [1.82, 2.24) is 14.5 Å². The van der Waals surface area contributed by atoms with Crippen molar-refractivity contribution in [3.05, 3.63) is 39.2 Å². The molecule has 0 aliphatic carbocycles. The van der Waals surface area contributed by atoms with Gasteiger partial charge in [0.25, 0.3) is 5.56 Å². The van der Waals surface area contributed by atoms with Gasteiger partial charge in [0.1, 0.15) is 0 Å². The normalized spacial score (nSPS) is 10.5. The number of hydrogen-bond acceptors (Lipinski definition) is 3. The first-order chi connectivity index (χ1) is 6.20. The Morgan fingerprint density at radius 3 is 3.00 bits per heavy atom. The summed E-state index contributed by atoms with van der Waals surface area (Å²) < 4.78 is 0.995. The molecule has 2 aromatic rings. The van der Waals surface area contributed by atoms with Crippen LogP contribution in [0.1, 0.15) is 0 Å². The Hall–Kier alpha value is -1.91. The molecule has 0 radical (unpaired) electrons. The molecule has 0 saturated heterocycles. The second-order valence-electron chi connectivity index (χ2n) is 2.69. The van der Waals surface area contributed by atoms with Crippen molar-refractivity contribution in [2.75, 3.05) is 0 Å². The van der Waals surface area contributed by atoms with E-state index in [0.29, 0.717) is 5.52 Å². The van der Waals surface area contributed by atoms with Gasteiger partial charge < -0.3 is 4.98 Å². The molecule has 0 aliphatic rings. The molecule has 0 aliphatic heterocycles. The van der Waals surface area contributed by atoms with Gasteiger partial charge in [0, 0.05) is 13.2 Å². The molecule has 0 fully saturated rings. The van der Waals surface area contributed by atoms with Gasteiger partial charge in [-0.2, -0.15) is 0 Å². The minimum Gasteiger partial charge on any atom is -0.305 e. The molecule has 2 heterocycles. The lowest BCUT2D eigenvalue weighted by atomic mass is 10.4. The van der Waals surface area contributed by atoms with Gasteiger partial charge in [-0.3, -0.25) is 9.36 Å². The number of aromatic nitrogens is 3. The third-order valence-electron chi connectivity index (χ3n) is 1.86. The molecule has 66 valence electrons. The number of rotatable bonds is 0. The Bertz CT molecular complexity index is 567. The van der Waals surface area contributed by atoms with Crippen LogP contribution in [0.3, 0.4) is 0 Å². The van der Waals surface area contributed by atoms with Crippen LogP contribution in [0, 0.1) is 0 Å². The highest BCUT2D eigenvalue weighted by Crippen LogP contribution is 1.97. The summed E-state index contributed by atoms with van der Waals surface area (Å²) in [6.07, 6.45) is 1.52. The predicted octanol–water partition coefficient (Wildman–Crippen LogP) is -0.378. The van der Waals surface area contributed by atoms with Crippen LogP contribution in [0.15, 0.2) is 27.9 Å². The number of fused-ring (bicyclic) bond motifs is 1. The summed E-state index contributed by atoms with van der Waals surface area (Å²) in [4.78, 5) is 29.0. The van der Waals surface area contributed by atoms with Gasteiger partial charge in [0.2, 0.25) is 0 Å². The van der Waals surface area contributed by atoms with E-state index >= 15 is 0 Å².